The SMILES string of the molecule is Cc1ccc(CN2C(=O)CCC2C(=O)N2CCC(CN)C2)cc1. The number of aryl methyl sites for hydroxylation is 1. The van der Waals surface area contributed by atoms with Crippen molar-refractivity contribution in [3.05, 3.63) is 35.4 Å². The fourth-order valence-electron chi connectivity index (χ4n) is 3.51. The first-order valence-corrected chi connectivity index (χ1v) is 8.42. The molecule has 2 aliphatic heterocycles. The van der Waals surface area contributed by atoms with Crippen LogP contribution in [-0.4, -0.2) is 47.3 Å². The molecule has 2 amide bonds. The molecule has 0 aliphatic carbocycles. The van der Waals surface area contributed by atoms with Gasteiger partial charge in [-0.15, -0.1) is 0 Å². The van der Waals surface area contributed by atoms with E-state index in [1.54, 1.807) is 4.90 Å². The Morgan fingerprint density at radius 2 is 2.00 bits per heavy atom. The zero-order chi connectivity index (χ0) is 16.4. The van der Waals surface area contributed by atoms with Crippen molar-refractivity contribution in [2.45, 2.75) is 38.8 Å². The highest BCUT2D eigenvalue weighted by Crippen LogP contribution is 2.25. The van der Waals surface area contributed by atoms with Crippen LogP contribution < -0.4 is 5.73 Å². The molecule has 2 fully saturated rings. The summed E-state index contributed by atoms with van der Waals surface area (Å²) in [6.45, 7) is 4.69. The molecule has 2 atom stereocenters. The first kappa shape index (κ1) is 16.0. The largest absolute Gasteiger partial charge is 0.341 e. The molecule has 0 radical (unpaired) electrons. The van der Waals surface area contributed by atoms with Gasteiger partial charge in [0.2, 0.25) is 11.8 Å². The minimum absolute atomic E-state index is 0.0819. The molecule has 0 spiro atoms. The Balaban J connectivity index is 1.69. The summed E-state index contributed by atoms with van der Waals surface area (Å²) in [5.74, 6) is 0.582. The normalized spacial score (nSPS) is 24.5. The molecule has 23 heavy (non-hydrogen) atoms. The minimum atomic E-state index is -0.305. The van der Waals surface area contributed by atoms with Crippen LogP contribution in [0.15, 0.2) is 24.3 Å². The maximum atomic E-state index is 12.8. The van der Waals surface area contributed by atoms with Gasteiger partial charge in [0.1, 0.15) is 6.04 Å². The topological polar surface area (TPSA) is 66.6 Å². The van der Waals surface area contributed by atoms with Gasteiger partial charge in [0.15, 0.2) is 0 Å². The van der Waals surface area contributed by atoms with Gasteiger partial charge in [0.05, 0.1) is 0 Å². The minimum Gasteiger partial charge on any atom is -0.341 e. The number of nitrogens with two attached hydrogens (primary N) is 1. The highest BCUT2D eigenvalue weighted by molar-refractivity contribution is 5.91. The number of amides is 2. The third kappa shape index (κ3) is 3.39. The van der Waals surface area contributed by atoms with Gasteiger partial charge in [-0.05, 0) is 37.8 Å². The van der Waals surface area contributed by atoms with Crippen molar-refractivity contribution in [1.82, 2.24) is 9.80 Å². The summed E-state index contributed by atoms with van der Waals surface area (Å²) in [6.07, 6.45) is 2.07. The summed E-state index contributed by atoms with van der Waals surface area (Å²) in [6, 6.07) is 7.84. The first-order chi connectivity index (χ1) is 11.1. The quantitative estimate of drug-likeness (QED) is 0.910. The van der Waals surface area contributed by atoms with Crippen molar-refractivity contribution in [3.63, 3.8) is 0 Å². The van der Waals surface area contributed by atoms with E-state index in [2.05, 4.69) is 0 Å². The lowest BCUT2D eigenvalue weighted by Gasteiger charge is -2.28. The first-order valence-electron chi connectivity index (χ1n) is 8.42. The van der Waals surface area contributed by atoms with Gasteiger partial charge >= 0.3 is 0 Å². The molecule has 1 aromatic carbocycles. The van der Waals surface area contributed by atoms with Gasteiger partial charge < -0.3 is 15.5 Å². The Hall–Kier alpha value is -1.88. The predicted molar refractivity (Wildman–Crippen MR) is 88.5 cm³/mol. The molecule has 3 rings (SSSR count). The molecule has 0 bridgehead atoms. The Kier molecular flexibility index (Phi) is 4.66. The highest BCUT2D eigenvalue weighted by Gasteiger charge is 2.39. The zero-order valence-corrected chi connectivity index (χ0v) is 13.7. The summed E-state index contributed by atoms with van der Waals surface area (Å²) < 4.78 is 0. The third-order valence-corrected chi connectivity index (χ3v) is 5.02. The highest BCUT2D eigenvalue weighted by atomic mass is 16.2. The van der Waals surface area contributed by atoms with E-state index in [9.17, 15) is 9.59 Å². The molecule has 2 heterocycles. The number of rotatable bonds is 4. The number of carbonyl (C=O) groups excluding carboxylic acids is 2. The lowest BCUT2D eigenvalue weighted by Crippen LogP contribution is -2.45. The van der Waals surface area contributed by atoms with E-state index in [1.807, 2.05) is 36.1 Å². The van der Waals surface area contributed by atoms with Crippen molar-refractivity contribution in [3.8, 4) is 0 Å². The lowest BCUT2D eigenvalue weighted by atomic mass is 10.1. The average Bonchev–Trinajstić information content (AvgIpc) is 3.17. The molecule has 0 saturated carbocycles. The maximum absolute atomic E-state index is 12.8. The molecule has 5 nitrogen and oxygen atoms in total. The number of benzene rings is 1. The summed E-state index contributed by atoms with van der Waals surface area (Å²) >= 11 is 0. The van der Waals surface area contributed by atoms with Crippen LogP contribution in [0.4, 0.5) is 0 Å². The van der Waals surface area contributed by atoms with Gasteiger partial charge in [-0.3, -0.25) is 9.59 Å². The molecule has 0 aromatic heterocycles. The summed E-state index contributed by atoms with van der Waals surface area (Å²) in [7, 11) is 0. The van der Waals surface area contributed by atoms with E-state index in [0.29, 0.717) is 31.8 Å². The number of hydrogen-bond acceptors (Lipinski definition) is 3. The monoisotopic (exact) mass is 315 g/mol. The lowest BCUT2D eigenvalue weighted by molar-refractivity contribution is -0.141. The fraction of sp³-hybridized carbons (Fsp3) is 0.556. The molecule has 2 N–H and O–H groups in total. The van der Waals surface area contributed by atoms with Crippen LogP contribution in [0, 0.1) is 12.8 Å². The number of hydrogen-bond donors (Lipinski definition) is 1. The number of nitrogens with zero attached hydrogens (tertiary/aromatic N) is 2. The Morgan fingerprint density at radius 1 is 1.26 bits per heavy atom. The van der Waals surface area contributed by atoms with E-state index >= 15 is 0 Å². The van der Waals surface area contributed by atoms with E-state index in [-0.39, 0.29) is 17.9 Å². The van der Waals surface area contributed by atoms with E-state index in [1.165, 1.54) is 5.56 Å². The van der Waals surface area contributed by atoms with Crippen LogP contribution >= 0.6 is 0 Å². The average molecular weight is 315 g/mol. The molecule has 2 saturated heterocycles. The molecular weight excluding hydrogens is 290 g/mol. The van der Waals surface area contributed by atoms with Crippen LogP contribution in [0.2, 0.25) is 0 Å². The van der Waals surface area contributed by atoms with Crippen LogP contribution in [0.25, 0.3) is 0 Å². The molecule has 1 aromatic rings. The molecule has 124 valence electrons. The summed E-state index contributed by atoms with van der Waals surface area (Å²) in [5, 5.41) is 0. The Bertz CT molecular complexity index is 584. The standard InChI is InChI=1S/C18H25N3O2/c1-13-2-4-14(5-3-13)12-21-16(6-7-17(21)22)18(23)20-9-8-15(10-19)11-20/h2-5,15-16H,6-12,19H2,1H3. The third-order valence-electron chi connectivity index (χ3n) is 5.02. The van der Waals surface area contributed by atoms with E-state index < -0.39 is 0 Å². The van der Waals surface area contributed by atoms with Crippen LogP contribution in [0.3, 0.4) is 0 Å². The number of carbonyl (C=O) groups is 2. The molecule has 2 aliphatic rings. The predicted octanol–water partition coefficient (Wildman–Crippen LogP) is 1.29. The second kappa shape index (κ2) is 6.71. The van der Waals surface area contributed by atoms with Crippen LogP contribution in [0.1, 0.15) is 30.4 Å². The summed E-state index contributed by atoms with van der Waals surface area (Å²) in [5.41, 5.74) is 7.98. The van der Waals surface area contributed by atoms with Gasteiger partial charge in [-0.25, -0.2) is 0 Å². The number of likely N-dealkylation sites (tertiary alicyclic amines) is 2. The second-order valence-corrected chi connectivity index (χ2v) is 6.74. The zero-order valence-electron chi connectivity index (χ0n) is 13.7. The van der Waals surface area contributed by atoms with Crippen LogP contribution in [0.5, 0.6) is 0 Å². The van der Waals surface area contributed by atoms with Crippen molar-refractivity contribution in [1.29, 1.82) is 0 Å². The van der Waals surface area contributed by atoms with Gasteiger partial charge in [0.25, 0.3) is 0 Å². The second-order valence-electron chi connectivity index (χ2n) is 6.74. The smallest absolute Gasteiger partial charge is 0.245 e. The Labute approximate surface area is 137 Å². The molecule has 2 unspecified atom stereocenters. The van der Waals surface area contributed by atoms with Gasteiger partial charge in [-0.2, -0.15) is 0 Å². The molecule has 5 heteroatoms. The van der Waals surface area contributed by atoms with Crippen molar-refractivity contribution < 1.29 is 9.59 Å². The fourth-order valence-corrected chi connectivity index (χ4v) is 3.51. The van der Waals surface area contributed by atoms with Crippen molar-refractivity contribution >= 4 is 11.8 Å². The van der Waals surface area contributed by atoms with Gasteiger partial charge in [0, 0.05) is 26.1 Å². The van der Waals surface area contributed by atoms with E-state index in [0.717, 1.165) is 25.1 Å². The summed E-state index contributed by atoms with van der Waals surface area (Å²) in [4.78, 5) is 28.7. The van der Waals surface area contributed by atoms with Crippen molar-refractivity contribution in [2.24, 2.45) is 11.7 Å². The molecular formula is C18H25N3O2. The van der Waals surface area contributed by atoms with Gasteiger partial charge in [-0.1, -0.05) is 29.8 Å². The van der Waals surface area contributed by atoms with E-state index in [4.69, 9.17) is 5.73 Å². The Morgan fingerprint density at radius 3 is 2.65 bits per heavy atom. The van der Waals surface area contributed by atoms with Crippen molar-refractivity contribution in [2.75, 3.05) is 19.6 Å². The maximum Gasteiger partial charge on any atom is 0.245 e. The van der Waals surface area contributed by atoms with Crippen LogP contribution in [-0.2, 0) is 16.1 Å².